The topological polar surface area (TPSA) is 58.2 Å². The molecule has 2 aliphatic rings. The van der Waals surface area contributed by atoms with Gasteiger partial charge in [0.25, 0.3) is 5.91 Å². The van der Waals surface area contributed by atoms with Crippen molar-refractivity contribution < 1.29 is 9.59 Å². The highest BCUT2D eigenvalue weighted by Crippen LogP contribution is 2.36. The van der Waals surface area contributed by atoms with Gasteiger partial charge in [-0.2, -0.15) is 0 Å². The van der Waals surface area contributed by atoms with Gasteiger partial charge in [-0.3, -0.25) is 9.59 Å². The first kappa shape index (κ1) is 13.2. The van der Waals surface area contributed by atoms with Crippen LogP contribution in [0.4, 0.5) is 5.69 Å². The minimum absolute atomic E-state index is 0.00368. The van der Waals surface area contributed by atoms with Gasteiger partial charge >= 0.3 is 0 Å². The fraction of sp³-hybridized carbons (Fsp3) is 0.500. The Hall–Kier alpha value is -1.84. The number of nitrogens with one attached hydrogen (secondary N) is 2. The Balaban J connectivity index is 1.66. The molecular formula is C16H20N2O2. The van der Waals surface area contributed by atoms with Gasteiger partial charge in [0.05, 0.1) is 6.42 Å². The molecule has 0 aromatic heterocycles. The number of anilines is 1. The third kappa shape index (κ3) is 2.55. The van der Waals surface area contributed by atoms with Gasteiger partial charge in [-0.05, 0) is 36.0 Å². The molecule has 2 N–H and O–H groups in total. The summed E-state index contributed by atoms with van der Waals surface area (Å²) < 4.78 is 0. The largest absolute Gasteiger partial charge is 0.351 e. The van der Waals surface area contributed by atoms with Crippen molar-refractivity contribution in [3.8, 4) is 0 Å². The van der Waals surface area contributed by atoms with E-state index >= 15 is 0 Å². The van der Waals surface area contributed by atoms with E-state index in [2.05, 4.69) is 17.6 Å². The van der Waals surface area contributed by atoms with Gasteiger partial charge in [-0.15, -0.1) is 0 Å². The van der Waals surface area contributed by atoms with Gasteiger partial charge in [0.2, 0.25) is 5.91 Å². The highest BCUT2D eigenvalue weighted by atomic mass is 16.2. The quantitative estimate of drug-likeness (QED) is 0.888. The highest BCUT2D eigenvalue weighted by molar-refractivity contribution is 6.02. The molecule has 4 nitrogen and oxygen atoms in total. The predicted octanol–water partition coefficient (Wildman–Crippen LogP) is 2.49. The maximum Gasteiger partial charge on any atom is 0.251 e. The molecule has 106 valence electrons. The molecular weight excluding hydrogens is 252 g/mol. The van der Waals surface area contributed by atoms with Gasteiger partial charge in [-0.1, -0.05) is 25.8 Å². The summed E-state index contributed by atoms with van der Waals surface area (Å²) in [6, 6.07) is 5.43. The van der Waals surface area contributed by atoms with Gasteiger partial charge in [0, 0.05) is 17.8 Å². The van der Waals surface area contributed by atoms with Gasteiger partial charge in [0.1, 0.15) is 0 Å². The van der Waals surface area contributed by atoms with E-state index in [9.17, 15) is 9.59 Å². The van der Waals surface area contributed by atoms with Crippen LogP contribution in [0, 0.1) is 5.41 Å². The number of fused-ring (bicyclic) bond motifs is 1. The second-order valence-corrected chi connectivity index (χ2v) is 6.30. The standard InChI is InChI=1S/C16H20N2O2/c1-16(6-2-3-7-16)10-17-15(20)12-5-4-11-9-14(19)18-13(11)8-12/h4-5,8H,2-3,6-7,9-10H2,1H3,(H,17,20)(H,18,19). The van der Waals surface area contributed by atoms with Crippen molar-refractivity contribution in [2.45, 2.75) is 39.0 Å². The lowest BCUT2D eigenvalue weighted by Gasteiger charge is -2.23. The van der Waals surface area contributed by atoms with Crippen LogP contribution in [-0.2, 0) is 11.2 Å². The minimum Gasteiger partial charge on any atom is -0.351 e. The molecule has 0 atom stereocenters. The zero-order valence-corrected chi connectivity index (χ0v) is 11.8. The molecule has 2 amide bonds. The molecule has 1 aliphatic heterocycles. The van der Waals surface area contributed by atoms with Crippen molar-refractivity contribution in [1.82, 2.24) is 5.32 Å². The summed E-state index contributed by atoms with van der Waals surface area (Å²) in [5.74, 6) is -0.0573. The molecule has 4 heteroatoms. The lowest BCUT2D eigenvalue weighted by molar-refractivity contribution is -0.115. The first-order chi connectivity index (χ1) is 9.56. The average molecular weight is 272 g/mol. The van der Waals surface area contributed by atoms with Crippen LogP contribution in [0.25, 0.3) is 0 Å². The van der Waals surface area contributed by atoms with Crippen molar-refractivity contribution in [1.29, 1.82) is 0 Å². The number of carbonyl (C=O) groups is 2. The molecule has 1 aliphatic carbocycles. The molecule has 0 spiro atoms. The summed E-state index contributed by atoms with van der Waals surface area (Å²) in [4.78, 5) is 23.5. The summed E-state index contributed by atoms with van der Waals surface area (Å²) in [7, 11) is 0. The first-order valence-electron chi connectivity index (χ1n) is 7.27. The Bertz CT molecular complexity index is 560. The molecule has 0 bridgehead atoms. The third-order valence-electron chi connectivity index (χ3n) is 4.48. The highest BCUT2D eigenvalue weighted by Gasteiger charge is 2.29. The number of amides is 2. The summed E-state index contributed by atoms with van der Waals surface area (Å²) in [6.07, 6.45) is 5.31. The number of hydrogen-bond acceptors (Lipinski definition) is 2. The second kappa shape index (κ2) is 4.93. The minimum atomic E-state index is -0.0536. The monoisotopic (exact) mass is 272 g/mol. The Morgan fingerprint density at radius 2 is 2.10 bits per heavy atom. The van der Waals surface area contributed by atoms with Crippen molar-refractivity contribution in [2.24, 2.45) is 5.41 Å². The average Bonchev–Trinajstić information content (AvgIpc) is 3.00. The Morgan fingerprint density at radius 3 is 2.85 bits per heavy atom. The smallest absolute Gasteiger partial charge is 0.251 e. The zero-order valence-electron chi connectivity index (χ0n) is 11.8. The van der Waals surface area contributed by atoms with Gasteiger partial charge in [-0.25, -0.2) is 0 Å². The van der Waals surface area contributed by atoms with E-state index in [1.54, 1.807) is 12.1 Å². The number of rotatable bonds is 3. The molecule has 20 heavy (non-hydrogen) atoms. The fourth-order valence-corrected chi connectivity index (χ4v) is 3.16. The second-order valence-electron chi connectivity index (χ2n) is 6.30. The Kier molecular flexibility index (Phi) is 3.24. The predicted molar refractivity (Wildman–Crippen MR) is 77.7 cm³/mol. The SMILES string of the molecule is CC1(CNC(=O)c2ccc3c(c2)NC(=O)C3)CCCC1. The van der Waals surface area contributed by atoms with Gasteiger partial charge in [0.15, 0.2) is 0 Å². The van der Waals surface area contributed by atoms with Crippen molar-refractivity contribution in [3.05, 3.63) is 29.3 Å². The fourth-order valence-electron chi connectivity index (χ4n) is 3.16. The molecule has 1 fully saturated rings. The van der Waals surface area contributed by atoms with E-state index in [1.807, 2.05) is 6.07 Å². The summed E-state index contributed by atoms with van der Waals surface area (Å²) >= 11 is 0. The summed E-state index contributed by atoms with van der Waals surface area (Å²) in [5, 5.41) is 5.81. The van der Waals surface area contributed by atoms with E-state index in [4.69, 9.17) is 0 Å². The van der Waals surface area contributed by atoms with Crippen LogP contribution < -0.4 is 10.6 Å². The molecule has 0 unspecified atom stereocenters. The molecule has 1 aromatic rings. The lowest BCUT2D eigenvalue weighted by Crippen LogP contribution is -2.34. The van der Waals surface area contributed by atoms with E-state index in [-0.39, 0.29) is 17.2 Å². The molecule has 0 radical (unpaired) electrons. The molecule has 0 saturated heterocycles. The Morgan fingerprint density at radius 1 is 1.35 bits per heavy atom. The van der Waals surface area contributed by atoms with Crippen molar-refractivity contribution in [2.75, 3.05) is 11.9 Å². The first-order valence-corrected chi connectivity index (χ1v) is 7.27. The Labute approximate surface area is 118 Å². The van der Waals surface area contributed by atoms with E-state index in [0.717, 1.165) is 17.8 Å². The molecule has 1 heterocycles. The maximum absolute atomic E-state index is 12.2. The molecule has 1 aromatic carbocycles. The van der Waals surface area contributed by atoms with Crippen LogP contribution in [0.3, 0.4) is 0 Å². The van der Waals surface area contributed by atoms with Crippen LogP contribution in [0.15, 0.2) is 18.2 Å². The maximum atomic E-state index is 12.2. The van der Waals surface area contributed by atoms with Crippen LogP contribution in [-0.4, -0.2) is 18.4 Å². The zero-order chi connectivity index (χ0) is 14.2. The lowest BCUT2D eigenvalue weighted by atomic mass is 9.89. The van der Waals surface area contributed by atoms with Crippen LogP contribution in [0.2, 0.25) is 0 Å². The molecule has 3 rings (SSSR count). The van der Waals surface area contributed by atoms with E-state index < -0.39 is 0 Å². The number of hydrogen-bond donors (Lipinski definition) is 2. The van der Waals surface area contributed by atoms with E-state index in [0.29, 0.717) is 12.0 Å². The summed E-state index contributed by atoms with van der Waals surface area (Å²) in [6.45, 7) is 2.97. The van der Waals surface area contributed by atoms with Crippen molar-refractivity contribution in [3.63, 3.8) is 0 Å². The normalized spacial score (nSPS) is 19.6. The van der Waals surface area contributed by atoms with Crippen LogP contribution in [0.1, 0.15) is 48.5 Å². The number of benzene rings is 1. The molecule has 1 saturated carbocycles. The summed E-state index contributed by atoms with van der Waals surface area (Å²) in [5.41, 5.74) is 2.61. The third-order valence-corrected chi connectivity index (χ3v) is 4.48. The van der Waals surface area contributed by atoms with Crippen molar-refractivity contribution >= 4 is 17.5 Å². The van der Waals surface area contributed by atoms with Crippen LogP contribution in [0.5, 0.6) is 0 Å². The number of carbonyl (C=O) groups excluding carboxylic acids is 2. The van der Waals surface area contributed by atoms with Crippen LogP contribution >= 0.6 is 0 Å². The van der Waals surface area contributed by atoms with E-state index in [1.165, 1.54) is 25.7 Å². The van der Waals surface area contributed by atoms with Gasteiger partial charge < -0.3 is 10.6 Å².